The number of hydrogen-bond acceptors (Lipinski definition) is 1. The summed E-state index contributed by atoms with van der Waals surface area (Å²) in [6, 6.07) is 0. The first-order valence-electron chi connectivity index (χ1n) is 4.41. The number of fused-ring (bicyclic) bond motifs is 2. The van der Waals surface area contributed by atoms with E-state index in [2.05, 4.69) is 31.8 Å². The van der Waals surface area contributed by atoms with Crippen LogP contribution < -0.4 is 0 Å². The molecule has 1 fully saturated rings. The van der Waals surface area contributed by atoms with Gasteiger partial charge in [-0.3, -0.25) is 0 Å². The van der Waals surface area contributed by atoms with Crippen molar-refractivity contribution in [2.75, 3.05) is 0 Å². The normalized spacial score (nSPS) is 41.9. The summed E-state index contributed by atoms with van der Waals surface area (Å²) < 4.78 is 5.73. The molecule has 3 unspecified atom stereocenters. The van der Waals surface area contributed by atoms with Gasteiger partial charge in [-0.2, -0.15) is 0 Å². The van der Waals surface area contributed by atoms with E-state index < -0.39 is 8.07 Å². The lowest BCUT2D eigenvalue weighted by molar-refractivity contribution is 0.120. The summed E-state index contributed by atoms with van der Waals surface area (Å²) in [6.07, 6.45) is 6.72. The van der Waals surface area contributed by atoms with Gasteiger partial charge >= 0.3 is 0 Å². The molecule has 1 nitrogen and oxygen atoms in total. The van der Waals surface area contributed by atoms with Gasteiger partial charge in [0.1, 0.15) is 0 Å². The molecule has 0 aliphatic carbocycles. The van der Waals surface area contributed by atoms with E-state index in [0.717, 1.165) is 5.54 Å². The fraction of sp³-hybridized carbons (Fsp3) is 0.778. The topological polar surface area (TPSA) is 9.23 Å². The van der Waals surface area contributed by atoms with Crippen LogP contribution in [0.15, 0.2) is 12.2 Å². The van der Waals surface area contributed by atoms with Crippen molar-refractivity contribution < 1.29 is 4.74 Å². The molecule has 2 rings (SSSR count). The Labute approximate surface area is 69.5 Å². The Bertz CT molecular complexity index is 192. The molecule has 2 aliphatic heterocycles. The van der Waals surface area contributed by atoms with Crippen molar-refractivity contribution >= 4 is 8.07 Å². The molecule has 0 spiro atoms. The van der Waals surface area contributed by atoms with E-state index in [9.17, 15) is 0 Å². The Hall–Kier alpha value is -0.0831. The van der Waals surface area contributed by atoms with Gasteiger partial charge in [0.2, 0.25) is 0 Å². The average molecular weight is 168 g/mol. The standard InChI is InChI=1S/C9H16OSi/c1-11(2,3)9-6-7-4-5-8(9)10-7/h4-5,7-9H,6H2,1-3H3. The lowest BCUT2D eigenvalue weighted by Crippen LogP contribution is -2.33. The second-order valence-corrected chi connectivity index (χ2v) is 10.2. The SMILES string of the molecule is C[Si](C)(C)C1CC2C=CC1O2. The smallest absolute Gasteiger partial charge is 0.0770 e. The van der Waals surface area contributed by atoms with Gasteiger partial charge in [0, 0.05) is 0 Å². The lowest BCUT2D eigenvalue weighted by atomic mass is 10.1. The highest BCUT2D eigenvalue weighted by atomic mass is 28.3. The van der Waals surface area contributed by atoms with Crippen molar-refractivity contribution in [1.82, 2.24) is 0 Å². The molecule has 2 aliphatic rings. The summed E-state index contributed by atoms with van der Waals surface area (Å²) in [6.45, 7) is 7.32. The summed E-state index contributed by atoms with van der Waals surface area (Å²) in [5, 5.41) is 0. The molecule has 0 radical (unpaired) electrons. The van der Waals surface area contributed by atoms with Crippen molar-refractivity contribution in [2.24, 2.45) is 0 Å². The van der Waals surface area contributed by atoms with E-state index >= 15 is 0 Å². The third kappa shape index (κ3) is 1.18. The molecule has 0 saturated carbocycles. The second-order valence-electron chi connectivity index (χ2n) is 4.73. The van der Waals surface area contributed by atoms with Crippen LogP contribution in [-0.4, -0.2) is 20.3 Å². The quantitative estimate of drug-likeness (QED) is 0.431. The van der Waals surface area contributed by atoms with E-state index in [1.807, 2.05) is 0 Å². The zero-order valence-corrected chi connectivity index (χ0v) is 8.50. The highest BCUT2D eigenvalue weighted by Gasteiger charge is 2.43. The molecular weight excluding hydrogens is 152 g/mol. The maximum Gasteiger partial charge on any atom is 0.0770 e. The van der Waals surface area contributed by atoms with Crippen molar-refractivity contribution in [2.45, 2.75) is 43.8 Å². The second kappa shape index (κ2) is 2.20. The van der Waals surface area contributed by atoms with Crippen molar-refractivity contribution in [3.63, 3.8) is 0 Å². The van der Waals surface area contributed by atoms with Crippen molar-refractivity contribution in [1.29, 1.82) is 0 Å². The van der Waals surface area contributed by atoms with E-state index in [0.29, 0.717) is 12.2 Å². The van der Waals surface area contributed by atoms with Gasteiger partial charge in [0.15, 0.2) is 0 Å². The summed E-state index contributed by atoms with van der Waals surface area (Å²) in [4.78, 5) is 0. The van der Waals surface area contributed by atoms with Crippen LogP contribution in [0, 0.1) is 0 Å². The molecule has 0 aromatic carbocycles. The first-order chi connectivity index (χ1) is 5.07. The van der Waals surface area contributed by atoms with Gasteiger partial charge in [0.05, 0.1) is 20.3 Å². The van der Waals surface area contributed by atoms with Crippen LogP contribution in [0.2, 0.25) is 25.2 Å². The Balaban J connectivity index is 2.15. The zero-order chi connectivity index (χ0) is 8.06. The minimum absolute atomic E-state index is 0.469. The van der Waals surface area contributed by atoms with E-state index in [4.69, 9.17) is 4.74 Å². The minimum atomic E-state index is -0.954. The van der Waals surface area contributed by atoms with Crippen LogP contribution in [0.1, 0.15) is 6.42 Å². The zero-order valence-electron chi connectivity index (χ0n) is 7.50. The van der Waals surface area contributed by atoms with Crippen molar-refractivity contribution in [3.8, 4) is 0 Å². The Kier molecular flexibility index (Phi) is 1.51. The fourth-order valence-electron chi connectivity index (χ4n) is 2.12. The molecule has 62 valence electrons. The molecule has 11 heavy (non-hydrogen) atoms. The molecule has 0 N–H and O–H groups in total. The fourth-order valence-corrected chi connectivity index (χ4v) is 4.23. The first-order valence-corrected chi connectivity index (χ1v) is 7.99. The molecule has 0 aromatic heterocycles. The van der Waals surface area contributed by atoms with Crippen LogP contribution in [0.25, 0.3) is 0 Å². The highest BCUT2D eigenvalue weighted by Crippen LogP contribution is 2.43. The van der Waals surface area contributed by atoms with Crippen LogP contribution in [0.3, 0.4) is 0 Å². The number of rotatable bonds is 1. The van der Waals surface area contributed by atoms with E-state index in [1.165, 1.54) is 6.42 Å². The largest absolute Gasteiger partial charge is 0.367 e. The maximum absolute atomic E-state index is 5.73. The molecular formula is C9H16OSi. The summed E-state index contributed by atoms with van der Waals surface area (Å²) in [5.41, 5.74) is 0.873. The van der Waals surface area contributed by atoms with Gasteiger partial charge < -0.3 is 4.74 Å². The van der Waals surface area contributed by atoms with Gasteiger partial charge in [-0.05, 0) is 12.0 Å². The number of ether oxygens (including phenoxy) is 1. The maximum atomic E-state index is 5.73. The molecule has 2 heterocycles. The highest BCUT2D eigenvalue weighted by molar-refractivity contribution is 6.77. The average Bonchev–Trinajstić information content (AvgIpc) is 2.42. The van der Waals surface area contributed by atoms with Gasteiger partial charge in [-0.25, -0.2) is 0 Å². The lowest BCUT2D eigenvalue weighted by Gasteiger charge is -2.28. The molecule has 0 amide bonds. The number of hydrogen-bond donors (Lipinski definition) is 0. The van der Waals surface area contributed by atoms with E-state index in [1.54, 1.807) is 0 Å². The third-order valence-corrected chi connectivity index (χ3v) is 5.63. The van der Waals surface area contributed by atoms with Crippen LogP contribution in [-0.2, 0) is 4.74 Å². The van der Waals surface area contributed by atoms with Crippen LogP contribution >= 0.6 is 0 Å². The molecule has 2 heteroatoms. The van der Waals surface area contributed by atoms with Crippen LogP contribution in [0.5, 0.6) is 0 Å². The monoisotopic (exact) mass is 168 g/mol. The van der Waals surface area contributed by atoms with Crippen LogP contribution in [0.4, 0.5) is 0 Å². The molecule has 3 atom stereocenters. The summed E-state index contributed by atoms with van der Waals surface area (Å²) in [5.74, 6) is 0. The van der Waals surface area contributed by atoms with Gasteiger partial charge in [-0.1, -0.05) is 31.8 Å². The predicted octanol–water partition coefficient (Wildman–Crippen LogP) is 2.42. The third-order valence-electron chi connectivity index (χ3n) is 2.84. The summed E-state index contributed by atoms with van der Waals surface area (Å²) >= 11 is 0. The molecule has 2 bridgehead atoms. The Morgan fingerprint density at radius 2 is 2.00 bits per heavy atom. The summed E-state index contributed by atoms with van der Waals surface area (Å²) in [7, 11) is -0.954. The first kappa shape index (κ1) is 7.56. The predicted molar refractivity (Wildman–Crippen MR) is 49.5 cm³/mol. The Morgan fingerprint density at radius 1 is 1.27 bits per heavy atom. The van der Waals surface area contributed by atoms with Gasteiger partial charge in [-0.15, -0.1) is 0 Å². The minimum Gasteiger partial charge on any atom is -0.367 e. The van der Waals surface area contributed by atoms with Crippen molar-refractivity contribution in [3.05, 3.63) is 12.2 Å². The van der Waals surface area contributed by atoms with Gasteiger partial charge in [0.25, 0.3) is 0 Å². The van der Waals surface area contributed by atoms with E-state index in [-0.39, 0.29) is 0 Å². The molecule has 1 saturated heterocycles. The Morgan fingerprint density at radius 3 is 2.27 bits per heavy atom. The molecule has 0 aromatic rings.